The van der Waals surface area contributed by atoms with Crippen molar-refractivity contribution in [1.82, 2.24) is 25.4 Å². The molecule has 2 aliphatic heterocycles. The van der Waals surface area contributed by atoms with Gasteiger partial charge in [0.1, 0.15) is 22.8 Å². The molecule has 15 heteroatoms. The second-order valence-corrected chi connectivity index (χ2v) is 18.0. The number of esters is 1. The van der Waals surface area contributed by atoms with Crippen LogP contribution in [0.15, 0.2) is 179 Å². The van der Waals surface area contributed by atoms with Crippen LogP contribution in [0.3, 0.4) is 0 Å². The molecule has 0 spiro atoms. The minimum Gasteiger partial charge on any atom is -0.448 e. The summed E-state index contributed by atoms with van der Waals surface area (Å²) in [4.78, 5) is 57.0. The number of anilines is 1. The van der Waals surface area contributed by atoms with Crippen molar-refractivity contribution in [3.05, 3.63) is 219 Å². The highest BCUT2D eigenvalue weighted by molar-refractivity contribution is 8.05. The summed E-state index contributed by atoms with van der Waals surface area (Å²) < 4.78 is 6.37. The van der Waals surface area contributed by atoms with Crippen LogP contribution >= 0.6 is 34.9 Å². The molecular weight excluding hydrogens is 863 g/mol. The Bertz CT molecular complexity index is 2690. The lowest BCUT2D eigenvalue weighted by atomic mass is 9.80. The Kier molecular flexibility index (Phi) is 12.4. The van der Waals surface area contributed by atoms with E-state index in [-0.39, 0.29) is 22.2 Å². The molecule has 2 atom stereocenters. The highest BCUT2D eigenvalue weighted by atomic mass is 32.2. The Morgan fingerprint density at radius 3 is 1.92 bits per heavy atom. The predicted molar refractivity (Wildman–Crippen MR) is 251 cm³/mol. The standard InChI is InChI=1S/C49H41N7O5S3/c1-31-34(27-51-54-31)28-62-39-30-63-46-41(45(58)56(46)42(39)47(59)60-43(32-17-7-2-8-18-32)33-19-9-3-10-20-33)53-44(57)40(38-29-64-48(50)52-38)55-61-49(35-21-11-4-12-22-35,36-23-13-5-14-24-36)37-25-15-6-16-26-37/h2-27,29,41,43,46H,28,30H2,1H3,(H2,50,52)(H,51,54)(H,53,57)/b55-40-/t41-,46+/m1/s1. The summed E-state index contributed by atoms with van der Waals surface area (Å²) in [6, 6.07) is 46.8. The van der Waals surface area contributed by atoms with Gasteiger partial charge in [-0.05, 0) is 18.1 Å². The number of β-lactam (4-membered cyclic amide) rings is 1. The summed E-state index contributed by atoms with van der Waals surface area (Å²) in [6.45, 7) is 1.91. The van der Waals surface area contributed by atoms with Gasteiger partial charge in [-0.15, -0.1) is 34.9 Å². The number of carbonyl (C=O) groups is 3. The molecule has 1 fully saturated rings. The maximum atomic E-state index is 14.6. The molecule has 2 amide bonds. The van der Waals surface area contributed by atoms with E-state index >= 15 is 0 Å². The Hall–Kier alpha value is -6.94. The van der Waals surface area contributed by atoms with Gasteiger partial charge >= 0.3 is 5.97 Å². The molecule has 0 radical (unpaired) electrons. The number of thiazole rings is 1. The number of nitrogens with two attached hydrogens (primary N) is 1. The van der Waals surface area contributed by atoms with Crippen molar-refractivity contribution in [3.8, 4) is 0 Å². The van der Waals surface area contributed by atoms with Gasteiger partial charge in [0.15, 0.2) is 16.9 Å². The average molecular weight is 904 g/mol. The number of hydrogen-bond acceptors (Lipinski definition) is 12. The molecule has 7 aromatic rings. The number of H-pyrrole nitrogens is 1. The summed E-state index contributed by atoms with van der Waals surface area (Å²) >= 11 is 4.04. The van der Waals surface area contributed by atoms with Gasteiger partial charge in [0.05, 0.1) is 5.69 Å². The van der Waals surface area contributed by atoms with Crippen LogP contribution in [0.2, 0.25) is 0 Å². The average Bonchev–Trinajstić information content (AvgIpc) is 3.98. The fourth-order valence-electron chi connectivity index (χ4n) is 7.73. The largest absolute Gasteiger partial charge is 0.448 e. The van der Waals surface area contributed by atoms with Crippen LogP contribution in [-0.4, -0.2) is 60.7 Å². The molecule has 320 valence electrons. The van der Waals surface area contributed by atoms with Crippen molar-refractivity contribution in [2.75, 3.05) is 11.5 Å². The van der Waals surface area contributed by atoms with Crippen molar-refractivity contribution < 1.29 is 24.0 Å². The molecule has 2 aromatic heterocycles. The van der Waals surface area contributed by atoms with E-state index in [0.717, 1.165) is 50.4 Å². The molecule has 0 aliphatic carbocycles. The maximum absolute atomic E-state index is 14.6. The van der Waals surface area contributed by atoms with Gasteiger partial charge in [-0.2, -0.15) is 5.10 Å². The van der Waals surface area contributed by atoms with Crippen LogP contribution in [0.4, 0.5) is 5.13 Å². The summed E-state index contributed by atoms with van der Waals surface area (Å²) in [5, 5.41) is 15.9. The lowest BCUT2D eigenvalue weighted by molar-refractivity contribution is -0.154. The molecule has 2 aliphatic rings. The van der Waals surface area contributed by atoms with E-state index in [2.05, 4.69) is 25.7 Å². The number of oxime groups is 1. The van der Waals surface area contributed by atoms with E-state index in [9.17, 15) is 14.4 Å². The van der Waals surface area contributed by atoms with Gasteiger partial charge in [0.25, 0.3) is 11.8 Å². The molecule has 0 unspecified atom stereocenters. The third kappa shape index (κ3) is 8.44. The minimum atomic E-state index is -1.31. The topological polar surface area (TPSA) is 165 Å². The molecule has 0 saturated carbocycles. The van der Waals surface area contributed by atoms with Gasteiger partial charge < -0.3 is 20.6 Å². The molecule has 12 nitrogen and oxygen atoms in total. The van der Waals surface area contributed by atoms with E-state index in [1.165, 1.54) is 28.4 Å². The van der Waals surface area contributed by atoms with Crippen LogP contribution in [0, 0.1) is 6.92 Å². The number of carbonyl (C=O) groups excluding carboxylic acids is 3. The SMILES string of the molecule is Cc1n[nH]cc1CSC1=C(C(=O)OC(c2ccccc2)c2ccccc2)N2C(=O)[C@@H](NC(=O)/C(=N\OC(c3ccccc3)(c3ccccc3)c3ccccc3)c3csc(N)n3)[C@@H]2SC1. The lowest BCUT2D eigenvalue weighted by Gasteiger charge is -2.49. The lowest BCUT2D eigenvalue weighted by Crippen LogP contribution is -2.71. The van der Waals surface area contributed by atoms with Gasteiger partial charge in [0.2, 0.25) is 5.60 Å². The first-order chi connectivity index (χ1) is 31.3. The molecule has 4 heterocycles. The zero-order valence-corrected chi connectivity index (χ0v) is 36.8. The maximum Gasteiger partial charge on any atom is 0.356 e. The first-order valence-corrected chi connectivity index (χ1v) is 23.3. The number of aromatic amines is 1. The zero-order valence-electron chi connectivity index (χ0n) is 34.4. The normalized spacial score (nSPS) is 16.2. The van der Waals surface area contributed by atoms with Crippen LogP contribution in [0.25, 0.3) is 0 Å². The number of ether oxygens (including phenoxy) is 1. The molecule has 9 rings (SSSR count). The third-order valence-electron chi connectivity index (χ3n) is 11.0. The van der Waals surface area contributed by atoms with Crippen molar-refractivity contribution >= 4 is 63.5 Å². The number of nitrogens with zero attached hydrogens (tertiary/aromatic N) is 4. The molecule has 1 saturated heterocycles. The van der Waals surface area contributed by atoms with Crippen LogP contribution in [0.1, 0.15) is 50.9 Å². The van der Waals surface area contributed by atoms with E-state index in [0.29, 0.717) is 16.4 Å². The fourth-order valence-corrected chi connectivity index (χ4v) is 11.0. The van der Waals surface area contributed by atoms with Crippen molar-refractivity contribution in [1.29, 1.82) is 0 Å². The number of aromatic nitrogens is 3. The van der Waals surface area contributed by atoms with Gasteiger partial charge in [-0.25, -0.2) is 9.78 Å². The van der Waals surface area contributed by atoms with Crippen LogP contribution in [-0.2, 0) is 35.3 Å². The second-order valence-electron chi connectivity index (χ2n) is 14.9. The summed E-state index contributed by atoms with van der Waals surface area (Å²) in [5.74, 6) is -0.940. The Morgan fingerprint density at radius 2 is 1.42 bits per heavy atom. The number of fused-ring (bicyclic) bond motifs is 1. The van der Waals surface area contributed by atoms with E-state index in [4.69, 9.17) is 15.3 Å². The number of aryl methyl sites for hydroxylation is 1. The van der Waals surface area contributed by atoms with Crippen molar-refractivity contribution in [3.63, 3.8) is 0 Å². The minimum absolute atomic E-state index is 0.144. The van der Waals surface area contributed by atoms with E-state index in [1.54, 1.807) is 5.38 Å². The van der Waals surface area contributed by atoms with E-state index in [1.807, 2.05) is 165 Å². The van der Waals surface area contributed by atoms with Gasteiger partial charge in [-0.1, -0.05) is 157 Å². The molecule has 0 bridgehead atoms. The molecular formula is C49H41N7O5S3. The molecule has 64 heavy (non-hydrogen) atoms. The summed E-state index contributed by atoms with van der Waals surface area (Å²) in [7, 11) is 0. The number of nitrogens with one attached hydrogen (secondary N) is 2. The number of benzene rings is 5. The highest BCUT2D eigenvalue weighted by Crippen LogP contribution is 2.46. The summed E-state index contributed by atoms with van der Waals surface area (Å²) in [6.07, 6.45) is 1.08. The fraction of sp³-hybridized carbons (Fsp3) is 0.143. The van der Waals surface area contributed by atoms with E-state index < -0.39 is 40.9 Å². The van der Waals surface area contributed by atoms with Crippen molar-refractivity contribution in [2.45, 2.75) is 35.8 Å². The van der Waals surface area contributed by atoms with Gasteiger partial charge in [0, 0.05) is 50.2 Å². The zero-order chi connectivity index (χ0) is 44.0. The first-order valence-electron chi connectivity index (χ1n) is 20.4. The Balaban J connectivity index is 1.04. The van der Waals surface area contributed by atoms with Gasteiger partial charge in [-0.3, -0.25) is 19.6 Å². The number of nitrogen functional groups attached to an aromatic ring is 1. The number of hydrogen-bond donors (Lipinski definition) is 3. The third-order valence-corrected chi connectivity index (χ3v) is 14.3. The Morgan fingerprint density at radius 1 is 0.875 bits per heavy atom. The summed E-state index contributed by atoms with van der Waals surface area (Å²) in [5.41, 5.74) is 10.6. The van der Waals surface area contributed by atoms with Crippen molar-refractivity contribution in [2.24, 2.45) is 5.16 Å². The number of thioether (sulfide) groups is 2. The van der Waals surface area contributed by atoms with Crippen LogP contribution < -0.4 is 11.1 Å². The number of amides is 2. The first kappa shape index (κ1) is 42.4. The highest BCUT2D eigenvalue weighted by Gasteiger charge is 2.55. The number of rotatable bonds is 15. The molecule has 5 aromatic carbocycles. The molecule has 4 N–H and O–H groups in total. The smallest absolute Gasteiger partial charge is 0.356 e. The van der Waals surface area contributed by atoms with Crippen LogP contribution in [0.5, 0.6) is 0 Å². The second kappa shape index (κ2) is 18.8. The predicted octanol–water partition coefficient (Wildman–Crippen LogP) is 8.35. The quantitative estimate of drug-likeness (QED) is 0.0300. The monoisotopic (exact) mass is 903 g/mol. The Labute approximate surface area is 382 Å².